The van der Waals surface area contributed by atoms with E-state index in [1.807, 2.05) is 0 Å². The van der Waals surface area contributed by atoms with Gasteiger partial charge in [-0.05, 0) is 49.6 Å². The molecule has 0 aromatic carbocycles. The zero-order valence-electron chi connectivity index (χ0n) is 10.5. The SMILES string of the molecule is CC1CCNC(CNCC2CC2(C)C)C1. The largest absolute Gasteiger partial charge is 0.315 e. The lowest BCUT2D eigenvalue weighted by molar-refractivity contribution is 0.309. The molecule has 2 fully saturated rings. The van der Waals surface area contributed by atoms with Gasteiger partial charge in [0.25, 0.3) is 0 Å². The molecule has 3 unspecified atom stereocenters. The van der Waals surface area contributed by atoms with Gasteiger partial charge in [-0.3, -0.25) is 0 Å². The van der Waals surface area contributed by atoms with Crippen LogP contribution in [0.15, 0.2) is 0 Å². The van der Waals surface area contributed by atoms with Crippen LogP contribution in [0.2, 0.25) is 0 Å². The summed E-state index contributed by atoms with van der Waals surface area (Å²) in [5.74, 6) is 1.84. The van der Waals surface area contributed by atoms with Crippen LogP contribution in [0.1, 0.15) is 40.0 Å². The van der Waals surface area contributed by atoms with Gasteiger partial charge in [-0.15, -0.1) is 0 Å². The van der Waals surface area contributed by atoms with Gasteiger partial charge in [0.1, 0.15) is 0 Å². The topological polar surface area (TPSA) is 24.1 Å². The van der Waals surface area contributed by atoms with E-state index in [-0.39, 0.29) is 0 Å². The molecule has 0 aromatic rings. The molecule has 1 aliphatic carbocycles. The van der Waals surface area contributed by atoms with Crippen LogP contribution in [0.3, 0.4) is 0 Å². The Bertz CT molecular complexity index is 213. The quantitative estimate of drug-likeness (QED) is 0.742. The first-order chi connectivity index (χ1) is 7.08. The number of piperidine rings is 1. The summed E-state index contributed by atoms with van der Waals surface area (Å²) in [6, 6.07) is 0.718. The first kappa shape index (κ1) is 11.4. The first-order valence-corrected chi connectivity index (χ1v) is 6.52. The molecule has 1 saturated heterocycles. The Hall–Kier alpha value is -0.0800. The summed E-state index contributed by atoms with van der Waals surface area (Å²) >= 11 is 0. The molecule has 3 atom stereocenters. The van der Waals surface area contributed by atoms with Crippen molar-refractivity contribution in [1.82, 2.24) is 10.6 Å². The molecule has 2 nitrogen and oxygen atoms in total. The maximum absolute atomic E-state index is 3.63. The van der Waals surface area contributed by atoms with Crippen molar-refractivity contribution < 1.29 is 0 Å². The average Bonchev–Trinajstić information content (AvgIpc) is 2.74. The van der Waals surface area contributed by atoms with E-state index in [1.165, 1.54) is 32.4 Å². The lowest BCUT2D eigenvalue weighted by Crippen LogP contribution is -2.44. The van der Waals surface area contributed by atoms with E-state index >= 15 is 0 Å². The van der Waals surface area contributed by atoms with Crippen molar-refractivity contribution in [2.24, 2.45) is 17.3 Å². The predicted molar refractivity (Wildman–Crippen MR) is 64.9 cm³/mol. The molecule has 0 aromatic heterocycles. The van der Waals surface area contributed by atoms with Gasteiger partial charge in [-0.2, -0.15) is 0 Å². The summed E-state index contributed by atoms with van der Waals surface area (Å²) in [7, 11) is 0. The van der Waals surface area contributed by atoms with Crippen molar-refractivity contribution in [2.75, 3.05) is 19.6 Å². The van der Waals surface area contributed by atoms with Crippen LogP contribution in [0, 0.1) is 17.3 Å². The summed E-state index contributed by atoms with van der Waals surface area (Å²) in [6.45, 7) is 10.7. The monoisotopic (exact) mass is 210 g/mol. The Morgan fingerprint density at radius 3 is 2.67 bits per heavy atom. The highest BCUT2D eigenvalue weighted by Crippen LogP contribution is 2.50. The molecule has 88 valence electrons. The van der Waals surface area contributed by atoms with E-state index in [4.69, 9.17) is 0 Å². The number of hydrogen-bond donors (Lipinski definition) is 2. The lowest BCUT2D eigenvalue weighted by atomic mass is 9.94. The van der Waals surface area contributed by atoms with E-state index < -0.39 is 0 Å². The van der Waals surface area contributed by atoms with E-state index in [1.54, 1.807) is 0 Å². The Morgan fingerprint density at radius 1 is 1.33 bits per heavy atom. The fourth-order valence-electron chi connectivity index (χ4n) is 2.73. The molecule has 1 saturated carbocycles. The molecule has 1 heterocycles. The molecular formula is C13H26N2. The molecule has 2 N–H and O–H groups in total. The Labute approximate surface area is 94.2 Å². The molecule has 0 spiro atoms. The molecule has 2 rings (SSSR count). The van der Waals surface area contributed by atoms with Crippen LogP contribution in [0.25, 0.3) is 0 Å². The molecule has 15 heavy (non-hydrogen) atoms. The van der Waals surface area contributed by atoms with E-state index in [0.717, 1.165) is 24.4 Å². The number of hydrogen-bond acceptors (Lipinski definition) is 2. The summed E-state index contributed by atoms with van der Waals surface area (Å²) in [4.78, 5) is 0. The van der Waals surface area contributed by atoms with Crippen LogP contribution < -0.4 is 10.6 Å². The van der Waals surface area contributed by atoms with Crippen molar-refractivity contribution in [3.05, 3.63) is 0 Å². The Morgan fingerprint density at radius 2 is 2.07 bits per heavy atom. The normalized spacial score (nSPS) is 39.0. The standard InChI is InChI=1S/C13H26N2/c1-10-4-5-15-12(6-10)9-14-8-11-7-13(11,2)3/h10-12,14-15H,4-9H2,1-3H3. The van der Waals surface area contributed by atoms with E-state index in [9.17, 15) is 0 Å². The van der Waals surface area contributed by atoms with Gasteiger partial charge in [0, 0.05) is 12.6 Å². The maximum Gasteiger partial charge on any atom is 0.0195 e. The fraction of sp³-hybridized carbons (Fsp3) is 1.00. The summed E-state index contributed by atoms with van der Waals surface area (Å²) in [5.41, 5.74) is 0.625. The Kier molecular flexibility index (Phi) is 3.36. The highest BCUT2D eigenvalue weighted by atomic mass is 15.0. The van der Waals surface area contributed by atoms with Gasteiger partial charge in [0.15, 0.2) is 0 Å². The molecule has 2 heteroatoms. The highest BCUT2D eigenvalue weighted by Gasteiger charge is 2.44. The molecule has 0 amide bonds. The van der Waals surface area contributed by atoms with E-state index in [2.05, 4.69) is 31.4 Å². The van der Waals surface area contributed by atoms with Crippen LogP contribution in [0.5, 0.6) is 0 Å². The van der Waals surface area contributed by atoms with Crippen molar-refractivity contribution in [2.45, 2.75) is 46.1 Å². The first-order valence-electron chi connectivity index (χ1n) is 6.52. The minimum Gasteiger partial charge on any atom is -0.315 e. The second kappa shape index (κ2) is 4.42. The summed E-state index contributed by atoms with van der Waals surface area (Å²) in [6.07, 6.45) is 4.11. The zero-order chi connectivity index (χ0) is 10.9. The van der Waals surface area contributed by atoms with Crippen LogP contribution in [-0.2, 0) is 0 Å². The van der Waals surface area contributed by atoms with Gasteiger partial charge in [-0.25, -0.2) is 0 Å². The van der Waals surface area contributed by atoms with Gasteiger partial charge in [0.2, 0.25) is 0 Å². The smallest absolute Gasteiger partial charge is 0.0195 e. The van der Waals surface area contributed by atoms with E-state index in [0.29, 0.717) is 5.41 Å². The highest BCUT2D eigenvalue weighted by molar-refractivity contribution is 4.96. The zero-order valence-corrected chi connectivity index (χ0v) is 10.5. The molecule has 0 radical (unpaired) electrons. The van der Waals surface area contributed by atoms with Gasteiger partial charge in [0.05, 0.1) is 0 Å². The van der Waals surface area contributed by atoms with Gasteiger partial charge in [-0.1, -0.05) is 20.8 Å². The predicted octanol–water partition coefficient (Wildman–Crippen LogP) is 2.01. The number of rotatable bonds is 4. The third kappa shape index (κ3) is 3.18. The second-order valence-corrected chi connectivity index (χ2v) is 6.33. The molecular weight excluding hydrogens is 184 g/mol. The Balaban J connectivity index is 1.58. The van der Waals surface area contributed by atoms with Crippen molar-refractivity contribution in [3.8, 4) is 0 Å². The minimum atomic E-state index is 0.625. The van der Waals surface area contributed by atoms with Crippen LogP contribution >= 0.6 is 0 Å². The average molecular weight is 210 g/mol. The maximum atomic E-state index is 3.63. The number of nitrogens with one attached hydrogen (secondary N) is 2. The molecule has 1 aliphatic heterocycles. The lowest BCUT2D eigenvalue weighted by Gasteiger charge is -2.28. The van der Waals surface area contributed by atoms with Crippen LogP contribution in [0.4, 0.5) is 0 Å². The fourth-order valence-corrected chi connectivity index (χ4v) is 2.73. The van der Waals surface area contributed by atoms with Crippen molar-refractivity contribution >= 4 is 0 Å². The molecule has 2 aliphatic rings. The summed E-state index contributed by atoms with van der Waals surface area (Å²) in [5, 5.41) is 7.23. The van der Waals surface area contributed by atoms with Gasteiger partial charge < -0.3 is 10.6 Å². The van der Waals surface area contributed by atoms with Crippen molar-refractivity contribution in [1.29, 1.82) is 0 Å². The molecule has 0 bridgehead atoms. The second-order valence-electron chi connectivity index (χ2n) is 6.33. The third-order valence-electron chi connectivity index (χ3n) is 4.26. The minimum absolute atomic E-state index is 0.625. The van der Waals surface area contributed by atoms with Crippen LogP contribution in [-0.4, -0.2) is 25.7 Å². The van der Waals surface area contributed by atoms with Crippen molar-refractivity contribution in [3.63, 3.8) is 0 Å². The van der Waals surface area contributed by atoms with Gasteiger partial charge >= 0.3 is 0 Å². The summed E-state index contributed by atoms with van der Waals surface area (Å²) < 4.78 is 0. The third-order valence-corrected chi connectivity index (χ3v) is 4.26.